The molecule has 0 aromatic carbocycles. The van der Waals surface area contributed by atoms with Gasteiger partial charge in [-0.05, 0) is 40.2 Å². The molecule has 4 nitrogen and oxygen atoms in total. The number of rotatable bonds is 5. The Balaban J connectivity index is 1.73. The Labute approximate surface area is 111 Å². The van der Waals surface area contributed by atoms with E-state index in [4.69, 9.17) is 5.26 Å². The molecule has 1 aliphatic carbocycles. The van der Waals surface area contributed by atoms with Crippen LogP contribution in [-0.4, -0.2) is 60.6 Å². The summed E-state index contributed by atoms with van der Waals surface area (Å²) in [6.07, 6.45) is 3.46. The summed E-state index contributed by atoms with van der Waals surface area (Å²) in [6.45, 7) is 7.87. The molecular weight excluding hydrogens is 224 g/mol. The van der Waals surface area contributed by atoms with Crippen molar-refractivity contribution in [3.8, 4) is 6.07 Å². The molecule has 1 N–H and O–H groups in total. The highest BCUT2D eigenvalue weighted by atomic mass is 15.3. The molecule has 18 heavy (non-hydrogen) atoms. The van der Waals surface area contributed by atoms with Crippen LogP contribution in [0, 0.1) is 11.3 Å². The summed E-state index contributed by atoms with van der Waals surface area (Å²) >= 11 is 0. The molecule has 1 saturated carbocycles. The standard InChI is InChI=1S/C14H26N4/c1-11-9-18(10-12(2)17(11)3)7-6-14(8-15)16-13-4-5-13/h11-14,16H,4-7,9-10H2,1-3H3. The maximum Gasteiger partial charge on any atom is 0.0967 e. The molecule has 0 radical (unpaired) electrons. The van der Waals surface area contributed by atoms with E-state index in [0.717, 1.165) is 26.1 Å². The maximum absolute atomic E-state index is 9.14. The van der Waals surface area contributed by atoms with Crippen LogP contribution in [0.2, 0.25) is 0 Å². The Morgan fingerprint density at radius 1 is 1.28 bits per heavy atom. The van der Waals surface area contributed by atoms with Crippen LogP contribution >= 0.6 is 0 Å². The van der Waals surface area contributed by atoms with Crippen molar-refractivity contribution in [2.75, 3.05) is 26.7 Å². The summed E-state index contributed by atoms with van der Waals surface area (Å²) in [5.74, 6) is 0. The van der Waals surface area contributed by atoms with Gasteiger partial charge in [-0.2, -0.15) is 5.26 Å². The van der Waals surface area contributed by atoms with Crippen LogP contribution in [0.4, 0.5) is 0 Å². The van der Waals surface area contributed by atoms with Gasteiger partial charge in [0, 0.05) is 37.8 Å². The van der Waals surface area contributed by atoms with Gasteiger partial charge in [0.2, 0.25) is 0 Å². The Kier molecular flexibility index (Phi) is 4.60. The van der Waals surface area contributed by atoms with Crippen LogP contribution < -0.4 is 5.32 Å². The summed E-state index contributed by atoms with van der Waals surface area (Å²) in [6, 6.07) is 4.30. The highest BCUT2D eigenvalue weighted by molar-refractivity contribution is 4.96. The van der Waals surface area contributed by atoms with Gasteiger partial charge in [-0.15, -0.1) is 0 Å². The number of likely N-dealkylation sites (N-methyl/N-ethyl adjacent to an activating group) is 1. The molecule has 0 aromatic heterocycles. The van der Waals surface area contributed by atoms with Crippen molar-refractivity contribution in [1.82, 2.24) is 15.1 Å². The highest BCUT2D eigenvalue weighted by Crippen LogP contribution is 2.20. The molecule has 0 spiro atoms. The Bertz CT molecular complexity index is 295. The zero-order valence-corrected chi connectivity index (χ0v) is 11.9. The molecule has 0 bridgehead atoms. The third-order valence-corrected chi connectivity index (χ3v) is 4.34. The Morgan fingerprint density at radius 2 is 1.89 bits per heavy atom. The molecule has 1 aliphatic heterocycles. The first-order valence-corrected chi connectivity index (χ1v) is 7.20. The van der Waals surface area contributed by atoms with Gasteiger partial charge in [-0.3, -0.25) is 10.2 Å². The van der Waals surface area contributed by atoms with Gasteiger partial charge < -0.3 is 4.90 Å². The van der Waals surface area contributed by atoms with Gasteiger partial charge in [0.05, 0.1) is 12.1 Å². The first-order chi connectivity index (χ1) is 8.60. The topological polar surface area (TPSA) is 42.3 Å². The molecule has 2 aliphatic rings. The molecule has 3 unspecified atom stereocenters. The molecule has 1 heterocycles. The lowest BCUT2D eigenvalue weighted by Crippen LogP contribution is -2.55. The smallest absolute Gasteiger partial charge is 0.0967 e. The molecule has 102 valence electrons. The van der Waals surface area contributed by atoms with Gasteiger partial charge >= 0.3 is 0 Å². The molecule has 0 aromatic rings. The largest absolute Gasteiger partial charge is 0.300 e. The predicted molar refractivity (Wildman–Crippen MR) is 73.3 cm³/mol. The van der Waals surface area contributed by atoms with Crippen molar-refractivity contribution in [3.05, 3.63) is 0 Å². The fraction of sp³-hybridized carbons (Fsp3) is 0.929. The monoisotopic (exact) mass is 250 g/mol. The van der Waals surface area contributed by atoms with Crippen molar-refractivity contribution in [2.45, 2.75) is 57.3 Å². The fourth-order valence-electron chi connectivity index (χ4n) is 2.73. The number of hydrogen-bond donors (Lipinski definition) is 1. The van der Waals surface area contributed by atoms with Crippen LogP contribution in [0.15, 0.2) is 0 Å². The summed E-state index contributed by atoms with van der Waals surface area (Å²) < 4.78 is 0. The SMILES string of the molecule is CC1CN(CCC(C#N)NC2CC2)CC(C)N1C. The van der Waals surface area contributed by atoms with E-state index < -0.39 is 0 Å². The van der Waals surface area contributed by atoms with E-state index in [1.54, 1.807) is 0 Å². The molecule has 4 heteroatoms. The summed E-state index contributed by atoms with van der Waals surface area (Å²) in [4.78, 5) is 4.95. The summed E-state index contributed by atoms with van der Waals surface area (Å²) in [5.41, 5.74) is 0. The minimum atomic E-state index is 0.0442. The number of nitrogens with one attached hydrogen (secondary N) is 1. The normalized spacial score (nSPS) is 32.1. The van der Waals surface area contributed by atoms with Gasteiger partial charge in [-0.25, -0.2) is 0 Å². The predicted octanol–water partition coefficient (Wildman–Crippen LogP) is 1.05. The number of piperazine rings is 1. The van der Waals surface area contributed by atoms with Crippen LogP contribution in [0.5, 0.6) is 0 Å². The lowest BCUT2D eigenvalue weighted by molar-refractivity contribution is 0.0586. The van der Waals surface area contributed by atoms with E-state index in [0.29, 0.717) is 18.1 Å². The number of hydrogen-bond acceptors (Lipinski definition) is 4. The zero-order chi connectivity index (χ0) is 13.1. The average Bonchev–Trinajstić information content (AvgIpc) is 3.15. The highest BCUT2D eigenvalue weighted by Gasteiger charge is 2.28. The summed E-state index contributed by atoms with van der Waals surface area (Å²) in [7, 11) is 2.21. The van der Waals surface area contributed by atoms with E-state index >= 15 is 0 Å². The van der Waals surface area contributed by atoms with E-state index in [2.05, 4.69) is 42.1 Å². The maximum atomic E-state index is 9.14. The third kappa shape index (κ3) is 3.68. The minimum absolute atomic E-state index is 0.0442. The zero-order valence-electron chi connectivity index (χ0n) is 11.9. The van der Waals surface area contributed by atoms with Crippen molar-refractivity contribution >= 4 is 0 Å². The van der Waals surface area contributed by atoms with Gasteiger partial charge in [0.15, 0.2) is 0 Å². The van der Waals surface area contributed by atoms with Gasteiger partial charge in [-0.1, -0.05) is 0 Å². The lowest BCUT2D eigenvalue weighted by atomic mass is 10.1. The molecule has 3 atom stereocenters. The molecule has 1 saturated heterocycles. The van der Waals surface area contributed by atoms with Crippen molar-refractivity contribution in [2.24, 2.45) is 0 Å². The second kappa shape index (κ2) is 6.01. The second-order valence-electron chi connectivity index (χ2n) is 6.03. The fourth-order valence-corrected chi connectivity index (χ4v) is 2.73. The van der Waals surface area contributed by atoms with E-state index in [9.17, 15) is 0 Å². The van der Waals surface area contributed by atoms with Crippen LogP contribution in [0.1, 0.15) is 33.1 Å². The molecule has 2 fully saturated rings. The van der Waals surface area contributed by atoms with Crippen LogP contribution in [0.3, 0.4) is 0 Å². The molecular formula is C14H26N4. The van der Waals surface area contributed by atoms with E-state index in [1.807, 2.05) is 0 Å². The van der Waals surface area contributed by atoms with E-state index in [-0.39, 0.29) is 6.04 Å². The number of nitriles is 1. The van der Waals surface area contributed by atoms with Crippen LogP contribution in [-0.2, 0) is 0 Å². The third-order valence-electron chi connectivity index (χ3n) is 4.34. The quantitative estimate of drug-likeness (QED) is 0.792. The van der Waals surface area contributed by atoms with E-state index in [1.165, 1.54) is 12.8 Å². The van der Waals surface area contributed by atoms with Gasteiger partial charge in [0.1, 0.15) is 0 Å². The van der Waals surface area contributed by atoms with Crippen molar-refractivity contribution in [3.63, 3.8) is 0 Å². The Morgan fingerprint density at radius 3 is 2.39 bits per heavy atom. The first kappa shape index (κ1) is 13.8. The number of nitrogens with zero attached hydrogens (tertiary/aromatic N) is 3. The van der Waals surface area contributed by atoms with Crippen molar-refractivity contribution < 1.29 is 0 Å². The van der Waals surface area contributed by atoms with Gasteiger partial charge in [0.25, 0.3) is 0 Å². The van der Waals surface area contributed by atoms with Crippen LogP contribution in [0.25, 0.3) is 0 Å². The second-order valence-corrected chi connectivity index (χ2v) is 6.03. The molecule has 0 amide bonds. The van der Waals surface area contributed by atoms with Crippen molar-refractivity contribution in [1.29, 1.82) is 5.26 Å². The molecule has 2 rings (SSSR count). The average molecular weight is 250 g/mol. The lowest BCUT2D eigenvalue weighted by Gasteiger charge is -2.42. The Hall–Kier alpha value is -0.630. The minimum Gasteiger partial charge on any atom is -0.300 e. The first-order valence-electron chi connectivity index (χ1n) is 7.20. The summed E-state index contributed by atoms with van der Waals surface area (Å²) in [5, 5.41) is 12.6.